The topological polar surface area (TPSA) is 24.9 Å². The Kier molecular flexibility index (Phi) is 3.63. The number of pyridine rings is 1. The zero-order valence-corrected chi connectivity index (χ0v) is 7.98. The highest BCUT2D eigenvalue weighted by Crippen LogP contribution is 2.19. The minimum Gasteiger partial charge on any atom is -0.316 e. The van der Waals surface area contributed by atoms with E-state index in [0.29, 0.717) is 5.92 Å². The fourth-order valence-electron chi connectivity index (χ4n) is 1.54. The van der Waals surface area contributed by atoms with Gasteiger partial charge < -0.3 is 5.32 Å². The van der Waals surface area contributed by atoms with Gasteiger partial charge in [-0.2, -0.15) is 0 Å². The highest BCUT2D eigenvalue weighted by Gasteiger charge is 2.17. The predicted octanol–water partition coefficient (Wildman–Crippen LogP) is 1.72. The average molecular weight is 203 g/mol. The molecule has 1 aliphatic heterocycles. The molecule has 0 bridgehead atoms. The summed E-state index contributed by atoms with van der Waals surface area (Å²) in [6.45, 7) is 2.02. The number of hydrogen-bond acceptors (Lipinski definition) is 2. The van der Waals surface area contributed by atoms with Gasteiger partial charge in [0.2, 0.25) is 0 Å². The molecule has 1 fully saturated rings. The van der Waals surface area contributed by atoms with Crippen molar-refractivity contribution in [3.8, 4) is 0 Å². The van der Waals surface area contributed by atoms with E-state index in [1.807, 2.05) is 0 Å². The molecule has 0 spiro atoms. The fourth-order valence-corrected chi connectivity index (χ4v) is 1.54. The molecule has 1 N–H and O–H groups in total. The molecule has 1 unspecified atom stereocenters. The maximum Gasteiger partial charge on any atom is 0.141 e. The van der Waals surface area contributed by atoms with E-state index >= 15 is 0 Å². The number of nitrogens with one attached hydrogen (secondary N) is 1. The van der Waals surface area contributed by atoms with Gasteiger partial charge in [-0.05, 0) is 25.1 Å². The van der Waals surface area contributed by atoms with Gasteiger partial charge in [0.25, 0.3) is 0 Å². The zero-order chi connectivity index (χ0) is 8.39. The van der Waals surface area contributed by atoms with Crippen LogP contribution in [0.15, 0.2) is 18.3 Å². The second-order valence-corrected chi connectivity index (χ2v) is 3.09. The van der Waals surface area contributed by atoms with Crippen molar-refractivity contribution in [1.29, 1.82) is 0 Å². The van der Waals surface area contributed by atoms with E-state index in [2.05, 4.69) is 10.3 Å². The summed E-state index contributed by atoms with van der Waals surface area (Å²) in [4.78, 5) is 4.05. The summed E-state index contributed by atoms with van der Waals surface area (Å²) in [6.07, 6.45) is 2.40. The van der Waals surface area contributed by atoms with E-state index in [4.69, 9.17) is 0 Å². The number of aromatic nitrogens is 1. The van der Waals surface area contributed by atoms with E-state index < -0.39 is 0 Å². The molecule has 0 radical (unpaired) electrons. The van der Waals surface area contributed by atoms with Gasteiger partial charge in [-0.25, -0.2) is 4.39 Å². The van der Waals surface area contributed by atoms with Crippen molar-refractivity contribution in [2.45, 2.75) is 12.3 Å². The molecule has 0 aliphatic carbocycles. The first-order valence-corrected chi connectivity index (χ1v) is 4.18. The van der Waals surface area contributed by atoms with Gasteiger partial charge in [-0.15, -0.1) is 12.4 Å². The van der Waals surface area contributed by atoms with E-state index in [-0.39, 0.29) is 18.2 Å². The van der Waals surface area contributed by atoms with Crippen molar-refractivity contribution in [3.05, 3.63) is 29.8 Å². The van der Waals surface area contributed by atoms with Gasteiger partial charge in [0.05, 0.1) is 6.20 Å². The van der Waals surface area contributed by atoms with Crippen molar-refractivity contribution in [2.24, 2.45) is 0 Å². The summed E-state index contributed by atoms with van der Waals surface area (Å²) in [5.41, 5.74) is 1.00. The largest absolute Gasteiger partial charge is 0.316 e. The van der Waals surface area contributed by atoms with Crippen LogP contribution in [0.3, 0.4) is 0 Å². The zero-order valence-electron chi connectivity index (χ0n) is 7.16. The SMILES string of the molecule is Cl.Fc1ccc(C2CCNC2)nc1. The Balaban J connectivity index is 0.000000845. The summed E-state index contributed by atoms with van der Waals surface area (Å²) < 4.78 is 12.5. The molecule has 13 heavy (non-hydrogen) atoms. The number of nitrogens with zero attached hydrogens (tertiary/aromatic N) is 1. The molecule has 1 aromatic heterocycles. The Bertz CT molecular complexity index is 257. The number of halogens is 2. The summed E-state index contributed by atoms with van der Waals surface area (Å²) in [5.74, 6) is 0.218. The smallest absolute Gasteiger partial charge is 0.141 e. The summed E-state index contributed by atoms with van der Waals surface area (Å²) in [5, 5.41) is 3.25. The first kappa shape index (κ1) is 10.4. The summed E-state index contributed by atoms with van der Waals surface area (Å²) >= 11 is 0. The van der Waals surface area contributed by atoms with Gasteiger partial charge in [-0.1, -0.05) is 0 Å². The van der Waals surface area contributed by atoms with Crippen LogP contribution in [-0.4, -0.2) is 18.1 Å². The van der Waals surface area contributed by atoms with Crippen LogP contribution >= 0.6 is 12.4 Å². The van der Waals surface area contributed by atoms with Crippen LogP contribution in [0.5, 0.6) is 0 Å². The second-order valence-electron chi connectivity index (χ2n) is 3.09. The predicted molar refractivity (Wildman–Crippen MR) is 51.7 cm³/mol. The monoisotopic (exact) mass is 202 g/mol. The molecule has 0 aromatic carbocycles. The van der Waals surface area contributed by atoms with Crippen LogP contribution in [0.25, 0.3) is 0 Å². The van der Waals surface area contributed by atoms with E-state index in [1.54, 1.807) is 6.07 Å². The first-order valence-electron chi connectivity index (χ1n) is 4.18. The van der Waals surface area contributed by atoms with E-state index in [1.165, 1.54) is 12.3 Å². The average Bonchev–Trinajstić information content (AvgIpc) is 2.58. The van der Waals surface area contributed by atoms with Gasteiger partial charge in [-0.3, -0.25) is 4.98 Å². The van der Waals surface area contributed by atoms with Crippen LogP contribution < -0.4 is 5.32 Å². The highest BCUT2D eigenvalue weighted by atomic mass is 35.5. The van der Waals surface area contributed by atoms with Crippen LogP contribution in [0.2, 0.25) is 0 Å². The molecule has 2 rings (SSSR count). The lowest BCUT2D eigenvalue weighted by Gasteiger charge is -2.05. The third kappa shape index (κ3) is 2.39. The molecule has 1 aliphatic rings. The second kappa shape index (κ2) is 4.53. The Hall–Kier alpha value is -0.670. The molecule has 2 heterocycles. The molecule has 2 nitrogen and oxygen atoms in total. The Morgan fingerprint density at radius 3 is 2.85 bits per heavy atom. The maximum absolute atomic E-state index is 12.5. The molecule has 1 atom stereocenters. The van der Waals surface area contributed by atoms with Gasteiger partial charge >= 0.3 is 0 Å². The highest BCUT2D eigenvalue weighted by molar-refractivity contribution is 5.85. The molecule has 0 saturated carbocycles. The summed E-state index contributed by atoms with van der Waals surface area (Å²) in [7, 11) is 0. The number of rotatable bonds is 1. The van der Waals surface area contributed by atoms with Gasteiger partial charge in [0.15, 0.2) is 0 Å². The summed E-state index contributed by atoms with van der Waals surface area (Å²) in [6, 6.07) is 3.24. The molecule has 4 heteroatoms. The molecular formula is C9H12ClFN2. The van der Waals surface area contributed by atoms with Gasteiger partial charge in [0, 0.05) is 18.2 Å². The Morgan fingerprint density at radius 1 is 1.46 bits per heavy atom. The lowest BCUT2D eigenvalue weighted by Crippen LogP contribution is -2.08. The first-order chi connectivity index (χ1) is 5.86. The standard InChI is InChI=1S/C9H11FN2.ClH/c10-8-1-2-9(12-6-8)7-3-4-11-5-7;/h1-2,6-7,11H,3-5H2;1H. The van der Waals surface area contributed by atoms with E-state index in [0.717, 1.165) is 25.2 Å². The Morgan fingerprint density at radius 2 is 2.31 bits per heavy atom. The molecule has 0 amide bonds. The van der Waals surface area contributed by atoms with Crippen molar-refractivity contribution < 1.29 is 4.39 Å². The third-order valence-corrected chi connectivity index (χ3v) is 2.23. The van der Waals surface area contributed by atoms with Crippen LogP contribution in [0.1, 0.15) is 18.0 Å². The van der Waals surface area contributed by atoms with Crippen molar-refractivity contribution >= 4 is 12.4 Å². The minimum atomic E-state index is -0.260. The van der Waals surface area contributed by atoms with Crippen LogP contribution in [-0.2, 0) is 0 Å². The number of hydrogen-bond donors (Lipinski definition) is 1. The molecule has 1 saturated heterocycles. The Labute approximate surface area is 83.0 Å². The van der Waals surface area contributed by atoms with Gasteiger partial charge in [0.1, 0.15) is 5.82 Å². The van der Waals surface area contributed by atoms with Crippen molar-refractivity contribution in [1.82, 2.24) is 10.3 Å². The normalized spacial score (nSPS) is 21.2. The molecule has 72 valence electrons. The van der Waals surface area contributed by atoms with Crippen LogP contribution in [0, 0.1) is 5.82 Å². The minimum absolute atomic E-state index is 0. The maximum atomic E-state index is 12.5. The molecule has 1 aromatic rings. The quantitative estimate of drug-likeness (QED) is 0.750. The van der Waals surface area contributed by atoms with E-state index in [9.17, 15) is 4.39 Å². The lowest BCUT2D eigenvalue weighted by molar-refractivity contribution is 0.614. The third-order valence-electron chi connectivity index (χ3n) is 2.23. The lowest BCUT2D eigenvalue weighted by atomic mass is 10.0. The van der Waals surface area contributed by atoms with Crippen molar-refractivity contribution in [3.63, 3.8) is 0 Å². The van der Waals surface area contributed by atoms with Crippen LogP contribution in [0.4, 0.5) is 4.39 Å². The fraction of sp³-hybridized carbons (Fsp3) is 0.444. The molecular weight excluding hydrogens is 191 g/mol. The van der Waals surface area contributed by atoms with Crippen molar-refractivity contribution in [2.75, 3.05) is 13.1 Å².